The summed E-state index contributed by atoms with van der Waals surface area (Å²) in [6.45, 7) is 4.13. The van der Waals surface area contributed by atoms with E-state index >= 15 is 0 Å². The van der Waals surface area contributed by atoms with Crippen molar-refractivity contribution in [1.29, 1.82) is 0 Å². The summed E-state index contributed by atoms with van der Waals surface area (Å²) < 4.78 is 6.57. The molecule has 1 aliphatic carbocycles. The number of ketones is 1. The SMILES string of the molecule is COC1=C/C(=C/c2c(N)n3nc(N4CCC(C)CC4)sc3nc2=O)C=CC1=O. The number of piperidine rings is 1. The molecule has 2 aliphatic rings. The number of carbonyl (C=O) groups excluding carboxylic acids is 1. The number of fused-ring (bicyclic) bond motifs is 1. The summed E-state index contributed by atoms with van der Waals surface area (Å²) in [5, 5.41) is 5.41. The van der Waals surface area contributed by atoms with Gasteiger partial charge in [-0.05, 0) is 42.6 Å². The van der Waals surface area contributed by atoms with Crippen LogP contribution in [0.25, 0.3) is 11.0 Å². The molecule has 4 rings (SSSR count). The molecule has 0 radical (unpaired) electrons. The van der Waals surface area contributed by atoms with Gasteiger partial charge in [0.1, 0.15) is 5.82 Å². The standard InChI is InChI=1S/C19H21N5O3S/c1-11-5-7-23(8-6-11)19-22-24-16(20)13(17(26)21-18(24)28-19)9-12-3-4-14(25)15(10-12)27-2/h3-4,9-11H,5-8,20H2,1-2H3/b12-9+. The van der Waals surface area contributed by atoms with Gasteiger partial charge < -0.3 is 15.4 Å². The van der Waals surface area contributed by atoms with Crippen molar-refractivity contribution >= 4 is 39.1 Å². The molecule has 2 N–H and O–H groups in total. The molecular formula is C19H21N5O3S. The molecule has 146 valence electrons. The number of rotatable bonds is 3. The maximum Gasteiger partial charge on any atom is 0.283 e. The smallest absolute Gasteiger partial charge is 0.283 e. The molecule has 9 heteroatoms. The Morgan fingerprint density at radius 1 is 1.29 bits per heavy atom. The Labute approximate surface area is 165 Å². The molecular weight excluding hydrogens is 378 g/mol. The number of allylic oxidation sites excluding steroid dienone is 4. The van der Waals surface area contributed by atoms with Crippen LogP contribution < -0.4 is 16.2 Å². The Morgan fingerprint density at radius 2 is 2.04 bits per heavy atom. The Balaban J connectivity index is 1.73. The van der Waals surface area contributed by atoms with Crippen molar-refractivity contribution in [3.05, 3.63) is 45.5 Å². The monoisotopic (exact) mass is 399 g/mol. The van der Waals surface area contributed by atoms with E-state index in [9.17, 15) is 9.59 Å². The van der Waals surface area contributed by atoms with Crippen LogP contribution in [0.2, 0.25) is 0 Å². The lowest BCUT2D eigenvalue weighted by Gasteiger charge is -2.29. The molecule has 0 aromatic carbocycles. The molecule has 0 amide bonds. The number of ether oxygens (including phenoxy) is 1. The highest BCUT2D eigenvalue weighted by molar-refractivity contribution is 7.20. The molecule has 8 nitrogen and oxygen atoms in total. The second kappa shape index (κ2) is 7.23. The molecule has 28 heavy (non-hydrogen) atoms. The van der Waals surface area contributed by atoms with Crippen molar-refractivity contribution in [2.45, 2.75) is 19.8 Å². The van der Waals surface area contributed by atoms with Gasteiger partial charge in [-0.1, -0.05) is 24.3 Å². The van der Waals surface area contributed by atoms with E-state index in [0.717, 1.165) is 31.1 Å². The van der Waals surface area contributed by atoms with Crippen molar-refractivity contribution in [2.24, 2.45) is 5.92 Å². The van der Waals surface area contributed by atoms with Crippen LogP contribution in [-0.2, 0) is 9.53 Å². The third-order valence-corrected chi connectivity index (χ3v) is 6.00. The molecule has 0 spiro atoms. The minimum atomic E-state index is -0.426. The number of nitrogens with two attached hydrogens (primary N) is 1. The minimum Gasteiger partial charge on any atom is -0.493 e. The van der Waals surface area contributed by atoms with Crippen LogP contribution >= 0.6 is 11.3 Å². The van der Waals surface area contributed by atoms with Gasteiger partial charge in [0.15, 0.2) is 5.76 Å². The number of nitrogen functional groups attached to an aromatic ring is 1. The zero-order valence-electron chi connectivity index (χ0n) is 15.7. The first kappa shape index (κ1) is 18.4. The highest BCUT2D eigenvalue weighted by Gasteiger charge is 2.21. The van der Waals surface area contributed by atoms with E-state index in [1.807, 2.05) is 0 Å². The zero-order valence-corrected chi connectivity index (χ0v) is 16.5. The van der Waals surface area contributed by atoms with Gasteiger partial charge in [-0.2, -0.15) is 9.50 Å². The third kappa shape index (κ3) is 3.33. The fourth-order valence-electron chi connectivity index (χ4n) is 3.28. The normalized spacial score (nSPS) is 19.5. The number of nitrogens with zero attached hydrogens (tertiary/aromatic N) is 4. The van der Waals surface area contributed by atoms with Gasteiger partial charge in [0.25, 0.3) is 5.56 Å². The maximum atomic E-state index is 12.5. The van der Waals surface area contributed by atoms with Crippen molar-refractivity contribution in [2.75, 3.05) is 30.8 Å². The number of carbonyl (C=O) groups is 1. The quantitative estimate of drug-likeness (QED) is 0.842. The highest BCUT2D eigenvalue weighted by Crippen LogP contribution is 2.28. The Kier molecular flexibility index (Phi) is 4.76. The average Bonchev–Trinajstić information content (AvgIpc) is 3.11. The molecule has 1 saturated heterocycles. The fourth-order valence-corrected chi connectivity index (χ4v) is 4.23. The summed E-state index contributed by atoms with van der Waals surface area (Å²) in [5.41, 5.74) is 6.70. The van der Waals surface area contributed by atoms with E-state index in [-0.39, 0.29) is 22.9 Å². The molecule has 0 saturated carbocycles. The van der Waals surface area contributed by atoms with Gasteiger partial charge in [-0.15, -0.1) is 5.10 Å². The van der Waals surface area contributed by atoms with E-state index in [1.165, 1.54) is 29.0 Å². The van der Waals surface area contributed by atoms with Crippen LogP contribution in [0.1, 0.15) is 25.3 Å². The van der Waals surface area contributed by atoms with Gasteiger partial charge in [-0.25, -0.2) is 0 Å². The summed E-state index contributed by atoms with van der Waals surface area (Å²) >= 11 is 1.37. The number of anilines is 2. The number of hydrogen-bond donors (Lipinski definition) is 1. The highest BCUT2D eigenvalue weighted by atomic mass is 32.1. The zero-order chi connectivity index (χ0) is 19.8. The predicted octanol–water partition coefficient (Wildman–Crippen LogP) is 2.02. The van der Waals surface area contributed by atoms with Crippen LogP contribution in [0.15, 0.2) is 34.4 Å². The van der Waals surface area contributed by atoms with Gasteiger partial charge in [0.05, 0.1) is 12.7 Å². The lowest BCUT2D eigenvalue weighted by molar-refractivity contribution is -0.114. The molecule has 1 aliphatic heterocycles. The van der Waals surface area contributed by atoms with Crippen LogP contribution in [0.5, 0.6) is 0 Å². The largest absolute Gasteiger partial charge is 0.493 e. The van der Waals surface area contributed by atoms with Gasteiger partial charge in [0, 0.05) is 13.1 Å². The number of hydrogen-bond acceptors (Lipinski definition) is 8. The van der Waals surface area contributed by atoms with Gasteiger partial charge >= 0.3 is 0 Å². The first-order valence-electron chi connectivity index (χ1n) is 9.10. The van der Waals surface area contributed by atoms with E-state index in [1.54, 1.807) is 18.2 Å². The van der Waals surface area contributed by atoms with E-state index in [0.29, 0.717) is 16.5 Å². The minimum absolute atomic E-state index is 0.205. The summed E-state index contributed by atoms with van der Waals surface area (Å²) in [7, 11) is 1.43. The van der Waals surface area contributed by atoms with Crippen LogP contribution in [0, 0.1) is 5.92 Å². The van der Waals surface area contributed by atoms with Gasteiger partial charge in [0.2, 0.25) is 15.9 Å². The van der Waals surface area contributed by atoms with Crippen LogP contribution in [0.4, 0.5) is 10.9 Å². The summed E-state index contributed by atoms with van der Waals surface area (Å²) in [6.07, 6.45) is 8.40. The van der Waals surface area contributed by atoms with Crippen molar-refractivity contribution in [3.8, 4) is 0 Å². The lowest BCUT2D eigenvalue weighted by Crippen LogP contribution is -2.32. The summed E-state index contributed by atoms with van der Waals surface area (Å²) in [4.78, 5) is 31.1. The molecule has 2 aromatic rings. The van der Waals surface area contributed by atoms with Crippen LogP contribution in [-0.4, -0.2) is 40.6 Å². The lowest BCUT2D eigenvalue weighted by atomic mass is 10.00. The van der Waals surface area contributed by atoms with E-state index in [4.69, 9.17) is 10.5 Å². The molecule has 0 bridgehead atoms. The second-order valence-electron chi connectivity index (χ2n) is 7.02. The number of methoxy groups -OCH3 is 1. The molecule has 3 heterocycles. The Hall–Kier alpha value is -2.94. The van der Waals surface area contributed by atoms with Gasteiger partial charge in [-0.3, -0.25) is 9.59 Å². The maximum absolute atomic E-state index is 12.5. The Morgan fingerprint density at radius 3 is 2.75 bits per heavy atom. The Bertz CT molecular complexity index is 1090. The first-order chi connectivity index (χ1) is 13.5. The fraction of sp³-hybridized carbons (Fsp3) is 0.368. The first-order valence-corrected chi connectivity index (χ1v) is 9.92. The molecule has 2 aromatic heterocycles. The molecule has 0 atom stereocenters. The van der Waals surface area contributed by atoms with E-state index in [2.05, 4.69) is 21.9 Å². The summed E-state index contributed by atoms with van der Waals surface area (Å²) in [5.74, 6) is 0.927. The second-order valence-corrected chi connectivity index (χ2v) is 7.95. The summed E-state index contributed by atoms with van der Waals surface area (Å²) in [6, 6.07) is 0. The van der Waals surface area contributed by atoms with E-state index < -0.39 is 5.56 Å². The average molecular weight is 399 g/mol. The molecule has 0 unspecified atom stereocenters. The van der Waals surface area contributed by atoms with Crippen molar-refractivity contribution in [3.63, 3.8) is 0 Å². The topological polar surface area (TPSA) is 103 Å². The van der Waals surface area contributed by atoms with Crippen LogP contribution in [0.3, 0.4) is 0 Å². The third-order valence-electron chi connectivity index (χ3n) is 5.03. The van der Waals surface area contributed by atoms with Crippen molar-refractivity contribution in [1.82, 2.24) is 14.6 Å². The molecule has 1 fully saturated rings. The van der Waals surface area contributed by atoms with Crippen molar-refractivity contribution < 1.29 is 9.53 Å². The predicted molar refractivity (Wildman–Crippen MR) is 109 cm³/mol. The number of aromatic nitrogens is 3.